The predicted molar refractivity (Wildman–Crippen MR) is 64.2 cm³/mol. The minimum absolute atomic E-state index is 0.438. The van der Waals surface area contributed by atoms with Crippen LogP contribution >= 0.6 is 0 Å². The van der Waals surface area contributed by atoms with E-state index in [0.717, 1.165) is 30.0 Å². The standard InChI is InChI=1S/C14H20N2O/c1-2-17-16-13(1)9-15-14-6-10-3-11(7-14)5-12(4-10)8-14/h1-2,10-12,15H,3-9H2. The van der Waals surface area contributed by atoms with Gasteiger partial charge < -0.3 is 9.84 Å². The highest BCUT2D eigenvalue weighted by Gasteiger charge is 2.50. The summed E-state index contributed by atoms with van der Waals surface area (Å²) in [5, 5.41) is 7.80. The Morgan fingerprint density at radius 2 is 1.82 bits per heavy atom. The van der Waals surface area contributed by atoms with Crippen molar-refractivity contribution in [3.05, 3.63) is 18.0 Å². The normalized spacial score (nSPS) is 43.2. The van der Waals surface area contributed by atoms with Gasteiger partial charge in [0.1, 0.15) is 6.26 Å². The summed E-state index contributed by atoms with van der Waals surface area (Å²) < 4.78 is 4.90. The lowest BCUT2D eigenvalue weighted by Crippen LogP contribution is -2.58. The third kappa shape index (κ3) is 1.71. The largest absolute Gasteiger partial charge is 0.364 e. The van der Waals surface area contributed by atoms with E-state index in [1.165, 1.54) is 38.5 Å². The fraction of sp³-hybridized carbons (Fsp3) is 0.786. The summed E-state index contributed by atoms with van der Waals surface area (Å²) in [7, 11) is 0. The van der Waals surface area contributed by atoms with Crippen LogP contribution in [0.3, 0.4) is 0 Å². The van der Waals surface area contributed by atoms with E-state index in [-0.39, 0.29) is 0 Å². The average Bonchev–Trinajstić information content (AvgIpc) is 2.77. The lowest BCUT2D eigenvalue weighted by Gasteiger charge is -2.57. The summed E-state index contributed by atoms with van der Waals surface area (Å²) in [4.78, 5) is 0. The molecule has 1 aromatic heterocycles. The molecule has 0 radical (unpaired) electrons. The van der Waals surface area contributed by atoms with Crippen molar-refractivity contribution in [2.24, 2.45) is 17.8 Å². The first-order valence-corrected chi connectivity index (χ1v) is 6.96. The zero-order chi connectivity index (χ0) is 11.3. The van der Waals surface area contributed by atoms with Crippen molar-refractivity contribution in [1.82, 2.24) is 10.5 Å². The van der Waals surface area contributed by atoms with Gasteiger partial charge in [0, 0.05) is 18.2 Å². The van der Waals surface area contributed by atoms with Crippen LogP contribution in [0.2, 0.25) is 0 Å². The number of hydrogen-bond acceptors (Lipinski definition) is 3. The molecule has 0 atom stereocenters. The van der Waals surface area contributed by atoms with Crippen LogP contribution in [0, 0.1) is 17.8 Å². The zero-order valence-corrected chi connectivity index (χ0v) is 10.2. The maximum atomic E-state index is 4.90. The fourth-order valence-electron chi connectivity index (χ4n) is 4.93. The van der Waals surface area contributed by atoms with E-state index in [1.54, 1.807) is 6.26 Å². The van der Waals surface area contributed by atoms with Gasteiger partial charge in [0.25, 0.3) is 0 Å². The van der Waals surface area contributed by atoms with Gasteiger partial charge in [0.2, 0.25) is 0 Å². The Hall–Kier alpha value is -0.830. The van der Waals surface area contributed by atoms with Gasteiger partial charge in [-0.3, -0.25) is 0 Å². The average molecular weight is 232 g/mol. The molecule has 4 saturated carbocycles. The molecule has 0 amide bonds. The quantitative estimate of drug-likeness (QED) is 0.870. The van der Waals surface area contributed by atoms with E-state index in [4.69, 9.17) is 4.52 Å². The molecular formula is C14H20N2O. The Labute approximate surface area is 102 Å². The minimum atomic E-state index is 0.438. The second-order valence-electron chi connectivity index (χ2n) is 6.54. The van der Waals surface area contributed by atoms with Crippen LogP contribution in [-0.2, 0) is 6.54 Å². The van der Waals surface area contributed by atoms with Crippen LogP contribution in [0.4, 0.5) is 0 Å². The first kappa shape index (κ1) is 10.1. The van der Waals surface area contributed by atoms with E-state index in [1.807, 2.05) is 6.07 Å². The van der Waals surface area contributed by atoms with E-state index >= 15 is 0 Å². The van der Waals surface area contributed by atoms with E-state index < -0.39 is 0 Å². The summed E-state index contributed by atoms with van der Waals surface area (Å²) in [6, 6.07) is 1.97. The van der Waals surface area contributed by atoms with Crippen LogP contribution in [0.5, 0.6) is 0 Å². The number of hydrogen-bond donors (Lipinski definition) is 1. The molecule has 0 saturated heterocycles. The summed E-state index contributed by atoms with van der Waals surface area (Å²) in [6.07, 6.45) is 10.4. The molecule has 3 heteroatoms. The highest BCUT2D eigenvalue weighted by Crippen LogP contribution is 2.55. The maximum absolute atomic E-state index is 4.90. The Morgan fingerprint density at radius 1 is 1.18 bits per heavy atom. The number of aromatic nitrogens is 1. The zero-order valence-electron chi connectivity index (χ0n) is 10.2. The summed E-state index contributed by atoms with van der Waals surface area (Å²) in [5.74, 6) is 3.02. The molecule has 17 heavy (non-hydrogen) atoms. The molecule has 5 rings (SSSR count). The highest BCUT2D eigenvalue weighted by molar-refractivity contribution is 5.07. The van der Waals surface area contributed by atoms with E-state index in [2.05, 4.69) is 10.5 Å². The molecular weight excluding hydrogens is 212 g/mol. The van der Waals surface area contributed by atoms with E-state index in [9.17, 15) is 0 Å². The van der Waals surface area contributed by atoms with Crippen molar-refractivity contribution in [2.75, 3.05) is 0 Å². The maximum Gasteiger partial charge on any atom is 0.124 e. The molecule has 4 aliphatic carbocycles. The van der Waals surface area contributed by atoms with Crippen LogP contribution < -0.4 is 5.32 Å². The second kappa shape index (κ2) is 3.58. The van der Waals surface area contributed by atoms with Crippen LogP contribution in [0.1, 0.15) is 44.2 Å². The second-order valence-corrected chi connectivity index (χ2v) is 6.54. The van der Waals surface area contributed by atoms with Crippen molar-refractivity contribution in [3.8, 4) is 0 Å². The van der Waals surface area contributed by atoms with Gasteiger partial charge in [0.05, 0.1) is 5.69 Å². The lowest BCUT2D eigenvalue weighted by atomic mass is 9.53. The van der Waals surface area contributed by atoms with Gasteiger partial charge >= 0.3 is 0 Å². The Morgan fingerprint density at radius 3 is 2.35 bits per heavy atom. The predicted octanol–water partition coefficient (Wildman–Crippen LogP) is 2.73. The summed E-state index contributed by atoms with van der Waals surface area (Å²) in [5.41, 5.74) is 1.48. The molecule has 4 bridgehead atoms. The molecule has 1 aromatic rings. The molecule has 1 N–H and O–H groups in total. The first-order valence-electron chi connectivity index (χ1n) is 6.96. The SMILES string of the molecule is c1cc(CNC23CC4CC(CC(C4)C2)C3)no1. The monoisotopic (exact) mass is 232 g/mol. The molecule has 0 spiro atoms. The first-order chi connectivity index (χ1) is 8.31. The third-order valence-electron chi connectivity index (χ3n) is 5.17. The fourth-order valence-corrected chi connectivity index (χ4v) is 4.93. The van der Waals surface area contributed by atoms with Gasteiger partial charge in [0.15, 0.2) is 0 Å². The van der Waals surface area contributed by atoms with Crippen molar-refractivity contribution in [2.45, 2.75) is 50.6 Å². The van der Waals surface area contributed by atoms with Gasteiger partial charge in [-0.25, -0.2) is 0 Å². The number of nitrogens with zero attached hydrogens (tertiary/aromatic N) is 1. The van der Waals surface area contributed by atoms with Gasteiger partial charge in [-0.05, 0) is 56.3 Å². The molecule has 0 aromatic carbocycles. The highest BCUT2D eigenvalue weighted by atomic mass is 16.5. The number of nitrogens with one attached hydrogen (secondary N) is 1. The third-order valence-corrected chi connectivity index (χ3v) is 5.17. The van der Waals surface area contributed by atoms with Crippen molar-refractivity contribution in [1.29, 1.82) is 0 Å². The molecule has 1 heterocycles. The molecule has 3 nitrogen and oxygen atoms in total. The smallest absolute Gasteiger partial charge is 0.124 e. The van der Waals surface area contributed by atoms with Crippen LogP contribution in [0.15, 0.2) is 16.9 Å². The molecule has 4 fully saturated rings. The molecule has 92 valence electrons. The van der Waals surface area contributed by atoms with E-state index in [0.29, 0.717) is 5.54 Å². The Balaban J connectivity index is 1.49. The Bertz CT molecular complexity index is 363. The van der Waals surface area contributed by atoms with Gasteiger partial charge in [-0.2, -0.15) is 0 Å². The lowest BCUT2D eigenvalue weighted by molar-refractivity contribution is -0.0208. The molecule has 0 unspecified atom stereocenters. The van der Waals surface area contributed by atoms with Gasteiger partial charge in [-0.15, -0.1) is 0 Å². The van der Waals surface area contributed by atoms with Crippen molar-refractivity contribution >= 4 is 0 Å². The summed E-state index contributed by atoms with van der Waals surface area (Å²) >= 11 is 0. The Kier molecular flexibility index (Phi) is 2.13. The van der Waals surface area contributed by atoms with Crippen LogP contribution in [0.25, 0.3) is 0 Å². The molecule has 4 aliphatic rings. The van der Waals surface area contributed by atoms with Crippen LogP contribution in [-0.4, -0.2) is 10.7 Å². The number of rotatable bonds is 3. The minimum Gasteiger partial charge on any atom is -0.364 e. The van der Waals surface area contributed by atoms with Crippen molar-refractivity contribution in [3.63, 3.8) is 0 Å². The molecule has 0 aliphatic heterocycles. The van der Waals surface area contributed by atoms with Gasteiger partial charge in [-0.1, -0.05) is 5.16 Å². The van der Waals surface area contributed by atoms with Crippen molar-refractivity contribution < 1.29 is 4.52 Å². The topological polar surface area (TPSA) is 38.1 Å². The summed E-state index contributed by atoms with van der Waals surface area (Å²) in [6.45, 7) is 0.878.